The van der Waals surface area contributed by atoms with E-state index in [4.69, 9.17) is 11.6 Å². The van der Waals surface area contributed by atoms with E-state index in [2.05, 4.69) is 64.1 Å². The predicted octanol–water partition coefficient (Wildman–Crippen LogP) is 4.64. The van der Waals surface area contributed by atoms with Crippen LogP contribution in [-0.4, -0.2) is 27.3 Å². The number of fused-ring (bicyclic) bond motifs is 3. The Labute approximate surface area is 184 Å². The molecule has 8 heteroatoms. The van der Waals surface area contributed by atoms with Crippen molar-refractivity contribution in [3.63, 3.8) is 0 Å². The lowest BCUT2D eigenvalue weighted by atomic mass is 9.97. The average molecular weight is 444 g/mol. The van der Waals surface area contributed by atoms with Gasteiger partial charge in [-0.05, 0) is 49.1 Å². The molecule has 0 radical (unpaired) electrons. The molecular formula is C22H23ClFN5S. The number of hydrazone groups is 1. The molecule has 3 heterocycles. The van der Waals surface area contributed by atoms with E-state index in [1.807, 2.05) is 6.20 Å². The number of nitrogens with zero attached hydrogens (tertiary/aromatic N) is 3. The topological polar surface area (TPSA) is 42.9 Å². The second kappa shape index (κ2) is 7.80. The van der Waals surface area contributed by atoms with Crippen LogP contribution in [0.2, 0.25) is 5.02 Å². The van der Waals surface area contributed by atoms with Crippen LogP contribution in [0.1, 0.15) is 34.7 Å². The van der Waals surface area contributed by atoms with Crippen molar-refractivity contribution in [1.29, 1.82) is 0 Å². The Morgan fingerprint density at radius 1 is 1.20 bits per heavy atom. The molecule has 30 heavy (non-hydrogen) atoms. The third-order valence-electron chi connectivity index (χ3n) is 6.05. The molecule has 3 aliphatic heterocycles. The van der Waals surface area contributed by atoms with Gasteiger partial charge in [-0.15, -0.1) is 0 Å². The van der Waals surface area contributed by atoms with Gasteiger partial charge in [0, 0.05) is 28.7 Å². The molecule has 0 bridgehead atoms. The third-order valence-corrected chi connectivity index (χ3v) is 7.39. The molecule has 2 aromatic carbocycles. The zero-order chi connectivity index (χ0) is 20.8. The van der Waals surface area contributed by atoms with Crippen molar-refractivity contribution in [2.24, 2.45) is 5.10 Å². The fourth-order valence-corrected chi connectivity index (χ4v) is 5.47. The Bertz CT molecular complexity index is 1020. The SMILES string of the molecule is Cc1ccc(C2CC3C4NN=C(SCc5c(F)cccc5Cl)N4C=CN3N2)cc1C. The molecule has 3 atom stereocenters. The zero-order valence-corrected chi connectivity index (χ0v) is 18.3. The van der Waals surface area contributed by atoms with E-state index in [9.17, 15) is 4.39 Å². The van der Waals surface area contributed by atoms with E-state index < -0.39 is 0 Å². The van der Waals surface area contributed by atoms with E-state index in [0.717, 1.165) is 11.6 Å². The molecule has 156 valence electrons. The van der Waals surface area contributed by atoms with Crippen molar-refractivity contribution < 1.29 is 4.39 Å². The molecule has 3 aliphatic rings. The normalized spacial score (nSPS) is 24.5. The first kappa shape index (κ1) is 19.7. The Kier molecular flexibility index (Phi) is 5.13. The first-order chi connectivity index (χ1) is 14.5. The van der Waals surface area contributed by atoms with Crippen molar-refractivity contribution in [3.8, 4) is 0 Å². The maximum absolute atomic E-state index is 14.1. The molecule has 1 saturated heterocycles. The van der Waals surface area contributed by atoms with Gasteiger partial charge in [0.2, 0.25) is 0 Å². The molecule has 5 rings (SSSR count). The van der Waals surface area contributed by atoms with Gasteiger partial charge in [0.15, 0.2) is 5.17 Å². The molecule has 0 spiro atoms. The summed E-state index contributed by atoms with van der Waals surface area (Å²) in [7, 11) is 0. The fraction of sp³-hybridized carbons (Fsp3) is 0.318. The maximum Gasteiger partial charge on any atom is 0.189 e. The van der Waals surface area contributed by atoms with E-state index >= 15 is 0 Å². The van der Waals surface area contributed by atoms with Gasteiger partial charge in [0.05, 0.1) is 12.1 Å². The third kappa shape index (κ3) is 3.45. The number of nitrogens with one attached hydrogen (secondary N) is 2. The van der Waals surface area contributed by atoms with Crippen LogP contribution >= 0.6 is 23.4 Å². The van der Waals surface area contributed by atoms with Crippen molar-refractivity contribution >= 4 is 28.5 Å². The van der Waals surface area contributed by atoms with Crippen LogP contribution in [0.3, 0.4) is 0 Å². The first-order valence-corrected chi connectivity index (χ1v) is 11.3. The minimum Gasteiger partial charge on any atom is -0.306 e. The Hall–Kier alpha value is -2.22. The molecule has 0 amide bonds. The molecule has 0 saturated carbocycles. The number of benzene rings is 2. The Balaban J connectivity index is 1.28. The second-order valence-electron chi connectivity index (χ2n) is 7.90. The van der Waals surface area contributed by atoms with Crippen molar-refractivity contribution in [2.75, 3.05) is 0 Å². The smallest absolute Gasteiger partial charge is 0.189 e. The number of hydrogen-bond acceptors (Lipinski definition) is 6. The lowest BCUT2D eigenvalue weighted by Crippen LogP contribution is -2.54. The van der Waals surface area contributed by atoms with Crippen LogP contribution in [-0.2, 0) is 5.75 Å². The monoisotopic (exact) mass is 443 g/mol. The van der Waals surface area contributed by atoms with Crippen LogP contribution in [0, 0.1) is 19.7 Å². The van der Waals surface area contributed by atoms with Gasteiger partial charge in [-0.2, -0.15) is 5.10 Å². The summed E-state index contributed by atoms with van der Waals surface area (Å²) in [5.74, 6) is 0.149. The predicted molar refractivity (Wildman–Crippen MR) is 120 cm³/mol. The van der Waals surface area contributed by atoms with Crippen LogP contribution in [0.4, 0.5) is 4.39 Å². The summed E-state index contributed by atoms with van der Waals surface area (Å²) < 4.78 is 14.1. The molecule has 0 aliphatic carbocycles. The second-order valence-corrected chi connectivity index (χ2v) is 9.25. The summed E-state index contributed by atoms with van der Waals surface area (Å²) in [6.07, 6.45) is 5.08. The van der Waals surface area contributed by atoms with Crippen molar-refractivity contribution in [1.82, 2.24) is 20.8 Å². The summed E-state index contributed by atoms with van der Waals surface area (Å²) in [5.41, 5.74) is 11.3. The van der Waals surface area contributed by atoms with Gasteiger partial charge in [-0.25, -0.2) is 9.82 Å². The number of amidine groups is 1. The van der Waals surface area contributed by atoms with Crippen molar-refractivity contribution in [3.05, 3.63) is 81.9 Å². The number of hydrogen-bond donors (Lipinski definition) is 2. The highest BCUT2D eigenvalue weighted by molar-refractivity contribution is 8.13. The summed E-state index contributed by atoms with van der Waals surface area (Å²) in [4.78, 5) is 2.13. The Morgan fingerprint density at radius 3 is 2.87 bits per heavy atom. The highest BCUT2D eigenvalue weighted by Crippen LogP contribution is 2.36. The molecule has 0 aromatic heterocycles. The molecule has 5 nitrogen and oxygen atoms in total. The Morgan fingerprint density at radius 2 is 2.07 bits per heavy atom. The molecule has 3 unspecified atom stereocenters. The summed E-state index contributed by atoms with van der Waals surface area (Å²) in [6, 6.07) is 11.9. The van der Waals surface area contributed by atoms with E-state index in [0.29, 0.717) is 16.3 Å². The molecule has 2 N–H and O–H groups in total. The maximum atomic E-state index is 14.1. The van der Waals surface area contributed by atoms with Crippen molar-refractivity contribution in [2.45, 2.75) is 44.3 Å². The van der Waals surface area contributed by atoms with Crippen LogP contribution < -0.4 is 10.9 Å². The highest BCUT2D eigenvalue weighted by atomic mass is 35.5. The largest absolute Gasteiger partial charge is 0.306 e. The summed E-state index contributed by atoms with van der Waals surface area (Å²) in [6.45, 7) is 4.29. The number of thioether (sulfide) groups is 1. The highest BCUT2D eigenvalue weighted by Gasteiger charge is 2.44. The van der Waals surface area contributed by atoms with Gasteiger partial charge < -0.3 is 9.91 Å². The van der Waals surface area contributed by atoms with Gasteiger partial charge in [-0.3, -0.25) is 5.43 Å². The lowest BCUT2D eigenvalue weighted by Gasteiger charge is -2.36. The summed E-state index contributed by atoms with van der Waals surface area (Å²) in [5, 5.41) is 7.96. The lowest BCUT2D eigenvalue weighted by molar-refractivity contribution is 0.152. The summed E-state index contributed by atoms with van der Waals surface area (Å²) >= 11 is 7.65. The number of aryl methyl sites for hydroxylation is 2. The van der Waals surface area contributed by atoms with Gasteiger partial charge >= 0.3 is 0 Å². The number of rotatable bonds is 3. The quantitative estimate of drug-likeness (QED) is 0.723. The number of hydrazine groups is 1. The van der Waals surface area contributed by atoms with E-state index in [1.165, 1.54) is 34.5 Å². The molecule has 2 aromatic rings. The van der Waals surface area contributed by atoms with Crippen LogP contribution in [0.25, 0.3) is 0 Å². The molecular weight excluding hydrogens is 421 g/mol. The average Bonchev–Trinajstić information content (AvgIpc) is 3.33. The van der Waals surface area contributed by atoms with Gasteiger partial charge in [0.25, 0.3) is 0 Å². The van der Waals surface area contributed by atoms with Crippen LogP contribution in [0.15, 0.2) is 53.9 Å². The van der Waals surface area contributed by atoms with Crippen LogP contribution in [0.5, 0.6) is 0 Å². The van der Waals surface area contributed by atoms with Gasteiger partial charge in [-0.1, -0.05) is 47.6 Å². The van der Waals surface area contributed by atoms with Gasteiger partial charge in [0.1, 0.15) is 12.0 Å². The standard InChI is InChI=1S/C22H23ClFN5S/c1-13-6-7-15(10-14(13)2)19-11-20-21-25-26-22(28(21)8-9-29(20)27-19)30-12-16-17(23)4-3-5-18(16)24/h3-10,19-21,25,27H,11-12H2,1-2H3. The fourth-order valence-electron chi connectivity index (χ4n) is 4.16. The zero-order valence-electron chi connectivity index (χ0n) is 16.8. The first-order valence-electron chi connectivity index (χ1n) is 9.98. The van der Waals surface area contributed by atoms with E-state index in [1.54, 1.807) is 12.1 Å². The minimum absolute atomic E-state index is 0.0395. The number of halogens is 2. The molecule has 1 fully saturated rings. The van der Waals surface area contributed by atoms with E-state index in [-0.39, 0.29) is 24.1 Å². The minimum atomic E-state index is -0.283.